The molecule has 0 unspecified atom stereocenters. The molecule has 0 amide bonds. The molecule has 3 heteroatoms. The van der Waals surface area contributed by atoms with E-state index in [-0.39, 0.29) is 12.0 Å². The zero-order valence-electron chi connectivity index (χ0n) is 5.37. The van der Waals surface area contributed by atoms with Gasteiger partial charge < -0.3 is 5.11 Å². The Morgan fingerprint density at radius 2 is 2.40 bits per heavy atom. The van der Waals surface area contributed by atoms with Crippen molar-refractivity contribution in [2.75, 3.05) is 0 Å². The van der Waals surface area contributed by atoms with Crippen LogP contribution in [0.25, 0.3) is 0 Å². The molecule has 0 saturated heterocycles. The summed E-state index contributed by atoms with van der Waals surface area (Å²) in [6, 6.07) is 1.74. The number of nitriles is 1. The predicted octanol–water partition coefficient (Wildman–Crippen LogP) is 1.10. The molecule has 0 aromatic carbocycles. The lowest BCUT2D eigenvalue weighted by Gasteiger charge is -1.87. The molecule has 1 N–H and O–H groups in total. The summed E-state index contributed by atoms with van der Waals surface area (Å²) in [5, 5.41) is 16.5. The van der Waals surface area contributed by atoms with Crippen LogP contribution in [0.15, 0.2) is 24.3 Å². The third-order valence-corrected chi connectivity index (χ3v) is 0.804. The molecule has 0 spiro atoms. The van der Waals surface area contributed by atoms with E-state index in [9.17, 15) is 4.79 Å². The minimum Gasteiger partial charge on any atom is -0.481 e. The quantitative estimate of drug-likeness (QED) is 0.468. The van der Waals surface area contributed by atoms with Crippen LogP contribution in [0.5, 0.6) is 0 Å². The van der Waals surface area contributed by atoms with Crippen molar-refractivity contribution in [3.8, 4) is 6.07 Å². The summed E-state index contributed by atoms with van der Waals surface area (Å²) in [6.45, 7) is 3.34. The van der Waals surface area contributed by atoms with Crippen molar-refractivity contribution in [1.82, 2.24) is 0 Å². The van der Waals surface area contributed by atoms with Gasteiger partial charge in [0.2, 0.25) is 0 Å². The molecule has 0 rings (SSSR count). The Balaban J connectivity index is 4.12. The van der Waals surface area contributed by atoms with E-state index in [1.165, 1.54) is 12.2 Å². The second-order valence-electron chi connectivity index (χ2n) is 1.61. The Kier molecular flexibility index (Phi) is 3.66. The van der Waals surface area contributed by atoms with E-state index in [1.54, 1.807) is 6.07 Å². The Morgan fingerprint density at radius 1 is 1.80 bits per heavy atom. The molecule has 0 heterocycles. The Bertz CT molecular complexity index is 210. The molecule has 0 aliphatic carbocycles. The average molecular weight is 137 g/mol. The third-order valence-electron chi connectivity index (χ3n) is 0.804. The molecule has 0 radical (unpaired) electrons. The van der Waals surface area contributed by atoms with Crippen LogP contribution in [-0.4, -0.2) is 11.1 Å². The largest absolute Gasteiger partial charge is 0.481 e. The number of carboxylic acids is 1. The molecular formula is C7H7NO2. The fraction of sp³-hybridized carbons (Fsp3) is 0.143. The highest BCUT2D eigenvalue weighted by molar-refractivity contribution is 5.71. The monoisotopic (exact) mass is 137 g/mol. The molecule has 0 aromatic rings. The van der Waals surface area contributed by atoms with Crippen molar-refractivity contribution in [2.45, 2.75) is 6.42 Å². The molecule has 3 nitrogen and oxygen atoms in total. The van der Waals surface area contributed by atoms with E-state index >= 15 is 0 Å². The lowest BCUT2D eigenvalue weighted by molar-refractivity contribution is -0.136. The number of nitrogens with zero attached hydrogens (tertiary/aromatic N) is 1. The fourth-order valence-corrected chi connectivity index (χ4v) is 0.441. The van der Waals surface area contributed by atoms with Gasteiger partial charge in [0.1, 0.15) is 0 Å². The average Bonchev–Trinajstić information content (AvgIpc) is 1.86. The first kappa shape index (κ1) is 8.44. The van der Waals surface area contributed by atoms with Crippen LogP contribution in [0, 0.1) is 11.3 Å². The SMILES string of the molecule is C=C/C=C(\C#N)CC(=O)O. The summed E-state index contributed by atoms with van der Waals surface area (Å²) in [5.41, 5.74) is 0.211. The zero-order chi connectivity index (χ0) is 7.98. The number of rotatable bonds is 3. The summed E-state index contributed by atoms with van der Waals surface area (Å²) >= 11 is 0. The van der Waals surface area contributed by atoms with E-state index in [0.717, 1.165) is 0 Å². The third kappa shape index (κ3) is 3.44. The first-order valence-electron chi connectivity index (χ1n) is 2.64. The van der Waals surface area contributed by atoms with Crippen molar-refractivity contribution >= 4 is 5.97 Å². The van der Waals surface area contributed by atoms with Crippen LogP contribution in [-0.2, 0) is 4.79 Å². The summed E-state index contributed by atoms with van der Waals surface area (Å²) in [6.07, 6.45) is 2.54. The Labute approximate surface area is 58.9 Å². The van der Waals surface area contributed by atoms with Crippen molar-refractivity contribution in [1.29, 1.82) is 5.26 Å². The number of aliphatic carboxylic acids is 1. The molecule has 0 bridgehead atoms. The highest BCUT2D eigenvalue weighted by Gasteiger charge is 1.99. The number of allylic oxidation sites excluding steroid dienone is 2. The number of carboxylic acid groups (broad SMARTS) is 1. The molecule has 0 fully saturated rings. The van der Waals surface area contributed by atoms with Gasteiger partial charge in [-0.1, -0.05) is 12.7 Å². The minimum atomic E-state index is -1.00. The topological polar surface area (TPSA) is 61.1 Å². The number of hydrogen-bond acceptors (Lipinski definition) is 2. The Hall–Kier alpha value is -1.56. The van der Waals surface area contributed by atoms with Crippen molar-refractivity contribution in [3.05, 3.63) is 24.3 Å². The van der Waals surface area contributed by atoms with Gasteiger partial charge in [0.05, 0.1) is 12.5 Å². The van der Waals surface area contributed by atoms with Crippen LogP contribution >= 0.6 is 0 Å². The van der Waals surface area contributed by atoms with Gasteiger partial charge in [0.15, 0.2) is 0 Å². The molecule has 10 heavy (non-hydrogen) atoms. The van der Waals surface area contributed by atoms with Crippen molar-refractivity contribution in [2.24, 2.45) is 0 Å². The van der Waals surface area contributed by atoms with Crippen molar-refractivity contribution in [3.63, 3.8) is 0 Å². The fourth-order valence-electron chi connectivity index (χ4n) is 0.441. The van der Waals surface area contributed by atoms with Gasteiger partial charge in [0.25, 0.3) is 0 Å². The lowest BCUT2D eigenvalue weighted by atomic mass is 10.2. The van der Waals surface area contributed by atoms with Crippen LogP contribution in [0.4, 0.5) is 0 Å². The van der Waals surface area contributed by atoms with Gasteiger partial charge in [-0.25, -0.2) is 0 Å². The van der Waals surface area contributed by atoms with Gasteiger partial charge in [-0.15, -0.1) is 0 Å². The lowest BCUT2D eigenvalue weighted by Crippen LogP contribution is -1.95. The highest BCUT2D eigenvalue weighted by Crippen LogP contribution is 1.98. The maximum Gasteiger partial charge on any atom is 0.308 e. The number of hydrogen-bond donors (Lipinski definition) is 1. The molecule has 0 saturated carbocycles. The van der Waals surface area contributed by atoms with Crippen molar-refractivity contribution < 1.29 is 9.90 Å². The highest BCUT2D eigenvalue weighted by atomic mass is 16.4. The van der Waals surface area contributed by atoms with Gasteiger partial charge in [-0.3, -0.25) is 4.79 Å². The van der Waals surface area contributed by atoms with E-state index in [4.69, 9.17) is 10.4 Å². The van der Waals surface area contributed by atoms with Crippen LogP contribution in [0.1, 0.15) is 6.42 Å². The van der Waals surface area contributed by atoms with Crippen LogP contribution in [0.2, 0.25) is 0 Å². The van der Waals surface area contributed by atoms with Gasteiger partial charge in [-0.05, 0) is 6.08 Å². The first-order chi connectivity index (χ1) is 4.70. The molecule has 0 aromatic heterocycles. The summed E-state index contributed by atoms with van der Waals surface area (Å²) < 4.78 is 0. The van der Waals surface area contributed by atoms with E-state index in [2.05, 4.69) is 6.58 Å². The van der Waals surface area contributed by atoms with Gasteiger partial charge in [-0.2, -0.15) is 5.26 Å². The smallest absolute Gasteiger partial charge is 0.308 e. The molecule has 52 valence electrons. The summed E-state index contributed by atoms with van der Waals surface area (Å²) in [7, 11) is 0. The van der Waals surface area contributed by atoms with E-state index < -0.39 is 5.97 Å². The molecule has 0 atom stereocenters. The molecular weight excluding hydrogens is 130 g/mol. The minimum absolute atomic E-state index is 0.211. The zero-order valence-corrected chi connectivity index (χ0v) is 5.37. The second-order valence-corrected chi connectivity index (χ2v) is 1.61. The number of carbonyl (C=O) groups is 1. The van der Waals surface area contributed by atoms with Gasteiger partial charge >= 0.3 is 5.97 Å². The second kappa shape index (κ2) is 4.33. The summed E-state index contributed by atoms with van der Waals surface area (Å²) in [4.78, 5) is 10.0. The first-order valence-corrected chi connectivity index (χ1v) is 2.64. The molecule has 0 aliphatic rings. The van der Waals surface area contributed by atoms with E-state index in [0.29, 0.717) is 0 Å². The normalized spacial score (nSPS) is 10.1. The van der Waals surface area contributed by atoms with Crippen LogP contribution < -0.4 is 0 Å². The molecule has 0 aliphatic heterocycles. The predicted molar refractivity (Wildman–Crippen MR) is 36.1 cm³/mol. The Morgan fingerprint density at radius 3 is 2.70 bits per heavy atom. The van der Waals surface area contributed by atoms with Gasteiger partial charge in [0, 0.05) is 5.57 Å². The standard InChI is InChI=1S/C7H7NO2/c1-2-3-6(5-8)4-7(9)10/h2-3H,1,4H2,(H,9,10)/b6-3-. The maximum atomic E-state index is 10.0. The van der Waals surface area contributed by atoms with E-state index in [1.807, 2.05) is 0 Å². The maximum absolute atomic E-state index is 10.0. The van der Waals surface area contributed by atoms with Crippen LogP contribution in [0.3, 0.4) is 0 Å². The summed E-state index contributed by atoms with van der Waals surface area (Å²) in [5.74, 6) is -1.00.